The summed E-state index contributed by atoms with van der Waals surface area (Å²) >= 11 is 0. The molecule has 0 saturated heterocycles. The van der Waals surface area contributed by atoms with Crippen LogP contribution in [-0.4, -0.2) is 12.0 Å². The van der Waals surface area contributed by atoms with Crippen molar-refractivity contribution in [3.05, 3.63) is 60.4 Å². The van der Waals surface area contributed by atoms with Gasteiger partial charge in [0.1, 0.15) is 0 Å². The fraction of sp³-hybridized carbons (Fsp3) is 0.350. The number of nitrogens with zero attached hydrogens (tertiary/aromatic N) is 1. The van der Waals surface area contributed by atoms with Crippen LogP contribution >= 0.6 is 0 Å². The molecule has 0 aliphatic heterocycles. The molecule has 22 heavy (non-hydrogen) atoms. The second-order valence-electron chi connectivity index (χ2n) is 6.02. The molecule has 0 amide bonds. The molecule has 0 fully saturated rings. The Balaban J connectivity index is 0.00000116. The fourth-order valence-corrected chi connectivity index (χ4v) is 2.07. The molecule has 0 aliphatic carbocycles. The van der Waals surface area contributed by atoms with E-state index in [1.54, 1.807) is 0 Å². The van der Waals surface area contributed by atoms with E-state index in [2.05, 4.69) is 68.0 Å². The minimum Gasteiger partial charge on any atom is -0.388 e. The van der Waals surface area contributed by atoms with Gasteiger partial charge in [-0.15, -0.1) is 0 Å². The summed E-state index contributed by atoms with van der Waals surface area (Å²) in [5, 5.41) is 3.05. The van der Waals surface area contributed by atoms with E-state index in [-0.39, 0.29) is 5.41 Å². The normalized spacial score (nSPS) is 10.5. The molecule has 2 rings (SSSR count). The first-order chi connectivity index (χ1) is 10.4. The smallest absolute Gasteiger partial charge is 0.0361 e. The Labute approximate surface area is 135 Å². The summed E-state index contributed by atoms with van der Waals surface area (Å²) < 4.78 is 0. The second-order valence-corrected chi connectivity index (χ2v) is 6.02. The summed E-state index contributed by atoms with van der Waals surface area (Å²) in [6.45, 7) is 14.6. The van der Waals surface area contributed by atoms with E-state index < -0.39 is 0 Å². The van der Waals surface area contributed by atoms with Crippen LogP contribution in [0.1, 0.15) is 45.7 Å². The maximum Gasteiger partial charge on any atom is 0.0361 e. The zero-order chi connectivity index (χ0) is 16.8. The predicted octanol–water partition coefficient (Wildman–Crippen LogP) is 5.26. The van der Waals surface area contributed by atoms with E-state index in [1.807, 2.05) is 33.3 Å². The topological polar surface area (TPSA) is 24.9 Å². The van der Waals surface area contributed by atoms with Gasteiger partial charge in [-0.3, -0.25) is 4.98 Å². The van der Waals surface area contributed by atoms with Crippen LogP contribution in [0.3, 0.4) is 0 Å². The molecule has 1 N–H and O–H groups in total. The van der Waals surface area contributed by atoms with Crippen molar-refractivity contribution in [2.24, 2.45) is 0 Å². The number of hydrogen-bond acceptors (Lipinski definition) is 2. The molecule has 1 aromatic carbocycles. The molecule has 0 saturated carbocycles. The third-order valence-electron chi connectivity index (χ3n) is 3.47. The molecule has 0 atom stereocenters. The van der Waals surface area contributed by atoms with Gasteiger partial charge < -0.3 is 5.32 Å². The van der Waals surface area contributed by atoms with E-state index in [0.29, 0.717) is 0 Å². The van der Waals surface area contributed by atoms with Gasteiger partial charge in [-0.1, -0.05) is 65.5 Å². The van der Waals surface area contributed by atoms with Gasteiger partial charge in [0, 0.05) is 36.3 Å². The molecule has 1 heterocycles. The van der Waals surface area contributed by atoms with E-state index in [0.717, 1.165) is 16.8 Å². The Hall–Kier alpha value is -2.09. The molecule has 0 radical (unpaired) electrons. The average molecular weight is 296 g/mol. The third kappa shape index (κ3) is 4.45. The van der Waals surface area contributed by atoms with Crippen LogP contribution in [0.2, 0.25) is 0 Å². The first-order valence-corrected chi connectivity index (χ1v) is 7.85. The minimum atomic E-state index is 0.180. The average Bonchev–Trinajstić information content (AvgIpc) is 2.55. The standard InChI is InChI=1S/C18H22N2.C2H6/c1-13(19-5)15-10-16(12-20-11-15)14-6-8-17(9-7-14)18(2,3)4;1-2/h6-12,19H,1H2,2-5H3;1-2H3. The van der Waals surface area contributed by atoms with Crippen LogP contribution in [-0.2, 0) is 5.41 Å². The van der Waals surface area contributed by atoms with Crippen LogP contribution in [0.25, 0.3) is 16.8 Å². The Morgan fingerprint density at radius 3 is 2.09 bits per heavy atom. The summed E-state index contributed by atoms with van der Waals surface area (Å²) in [6.07, 6.45) is 3.71. The largest absolute Gasteiger partial charge is 0.388 e. The van der Waals surface area contributed by atoms with Gasteiger partial charge in [-0.25, -0.2) is 0 Å². The molecular formula is C20H28N2. The molecule has 2 nitrogen and oxygen atoms in total. The van der Waals surface area contributed by atoms with Crippen molar-refractivity contribution in [2.45, 2.75) is 40.0 Å². The van der Waals surface area contributed by atoms with Crippen LogP contribution < -0.4 is 5.32 Å². The lowest BCUT2D eigenvalue weighted by atomic mass is 9.86. The first-order valence-electron chi connectivity index (χ1n) is 7.85. The van der Waals surface area contributed by atoms with Crippen molar-refractivity contribution in [2.75, 3.05) is 7.05 Å². The lowest BCUT2D eigenvalue weighted by Gasteiger charge is -2.19. The van der Waals surface area contributed by atoms with Gasteiger partial charge in [0.05, 0.1) is 0 Å². The van der Waals surface area contributed by atoms with Gasteiger partial charge >= 0.3 is 0 Å². The van der Waals surface area contributed by atoms with E-state index in [1.165, 1.54) is 11.1 Å². The number of aromatic nitrogens is 1. The van der Waals surface area contributed by atoms with Gasteiger partial charge in [-0.2, -0.15) is 0 Å². The van der Waals surface area contributed by atoms with Crippen molar-refractivity contribution < 1.29 is 0 Å². The number of nitrogens with one attached hydrogen (secondary N) is 1. The highest BCUT2D eigenvalue weighted by Gasteiger charge is 2.13. The number of benzene rings is 1. The quantitative estimate of drug-likeness (QED) is 0.835. The van der Waals surface area contributed by atoms with Gasteiger partial charge in [0.25, 0.3) is 0 Å². The number of hydrogen-bond donors (Lipinski definition) is 1. The highest BCUT2D eigenvalue weighted by atomic mass is 14.8. The molecule has 0 aliphatic rings. The Morgan fingerprint density at radius 2 is 1.59 bits per heavy atom. The summed E-state index contributed by atoms with van der Waals surface area (Å²) in [5.41, 5.74) is 5.70. The molecular weight excluding hydrogens is 268 g/mol. The number of pyridine rings is 1. The second kappa shape index (κ2) is 7.79. The maximum absolute atomic E-state index is 4.30. The first kappa shape index (κ1) is 18.0. The monoisotopic (exact) mass is 296 g/mol. The summed E-state index contributed by atoms with van der Waals surface area (Å²) in [6, 6.07) is 10.8. The summed E-state index contributed by atoms with van der Waals surface area (Å²) in [5.74, 6) is 0. The molecule has 2 aromatic rings. The maximum atomic E-state index is 4.30. The number of rotatable bonds is 3. The lowest BCUT2D eigenvalue weighted by molar-refractivity contribution is 0.590. The van der Waals surface area contributed by atoms with Crippen molar-refractivity contribution in [1.82, 2.24) is 10.3 Å². The van der Waals surface area contributed by atoms with E-state index in [9.17, 15) is 0 Å². The van der Waals surface area contributed by atoms with Crippen molar-refractivity contribution in [1.29, 1.82) is 0 Å². The zero-order valence-electron chi connectivity index (χ0n) is 14.7. The predicted molar refractivity (Wildman–Crippen MR) is 97.8 cm³/mol. The van der Waals surface area contributed by atoms with Crippen molar-refractivity contribution in [3.8, 4) is 11.1 Å². The Bertz CT molecular complexity index is 604. The lowest BCUT2D eigenvalue weighted by Crippen LogP contribution is -2.10. The van der Waals surface area contributed by atoms with Crippen LogP contribution in [0.4, 0.5) is 0 Å². The molecule has 1 aromatic heterocycles. The van der Waals surface area contributed by atoms with Gasteiger partial charge in [0.2, 0.25) is 0 Å². The Morgan fingerprint density at radius 1 is 1.00 bits per heavy atom. The molecule has 2 heteroatoms. The Kier molecular flexibility index (Phi) is 6.36. The highest BCUT2D eigenvalue weighted by molar-refractivity contribution is 5.69. The zero-order valence-corrected chi connectivity index (χ0v) is 14.7. The molecule has 0 spiro atoms. The molecule has 0 unspecified atom stereocenters. The minimum absolute atomic E-state index is 0.180. The molecule has 118 valence electrons. The van der Waals surface area contributed by atoms with Crippen LogP contribution in [0.15, 0.2) is 49.3 Å². The van der Waals surface area contributed by atoms with Crippen LogP contribution in [0.5, 0.6) is 0 Å². The third-order valence-corrected chi connectivity index (χ3v) is 3.47. The SMILES string of the molecule is C=C(NC)c1cncc(-c2ccc(C(C)(C)C)cc2)c1.CC. The van der Waals surface area contributed by atoms with Gasteiger partial charge in [0.15, 0.2) is 0 Å². The van der Waals surface area contributed by atoms with Crippen molar-refractivity contribution >= 4 is 5.70 Å². The van der Waals surface area contributed by atoms with Crippen molar-refractivity contribution in [3.63, 3.8) is 0 Å². The fourth-order valence-electron chi connectivity index (χ4n) is 2.07. The summed E-state index contributed by atoms with van der Waals surface area (Å²) in [7, 11) is 1.87. The summed E-state index contributed by atoms with van der Waals surface area (Å²) in [4.78, 5) is 4.30. The van der Waals surface area contributed by atoms with Gasteiger partial charge in [-0.05, 0) is 22.6 Å². The molecule has 0 bridgehead atoms. The van der Waals surface area contributed by atoms with Crippen LogP contribution in [0, 0.1) is 0 Å². The highest BCUT2D eigenvalue weighted by Crippen LogP contribution is 2.26. The van der Waals surface area contributed by atoms with E-state index in [4.69, 9.17) is 0 Å². The van der Waals surface area contributed by atoms with E-state index >= 15 is 0 Å².